The van der Waals surface area contributed by atoms with Crippen molar-refractivity contribution in [2.45, 2.75) is 6.18 Å². The van der Waals surface area contributed by atoms with E-state index in [0.29, 0.717) is 5.56 Å². The summed E-state index contributed by atoms with van der Waals surface area (Å²) in [6, 6.07) is 11.6. The maximum absolute atomic E-state index is 12.9. The van der Waals surface area contributed by atoms with Crippen LogP contribution in [0.2, 0.25) is 5.02 Å². The summed E-state index contributed by atoms with van der Waals surface area (Å²) in [5.74, 6) is -3.35. The Labute approximate surface area is 223 Å². The maximum atomic E-state index is 12.9. The lowest BCUT2D eigenvalue weighted by atomic mass is 10.2. The maximum Gasteiger partial charge on any atom is 0.416 e. The minimum atomic E-state index is -4.57. The number of hydrazone groups is 1. The van der Waals surface area contributed by atoms with Crippen molar-refractivity contribution in [3.8, 4) is 11.5 Å². The fraction of sp³-hybridized carbons (Fsp3) is 0.120. The predicted molar refractivity (Wildman–Crippen MR) is 134 cm³/mol. The molecule has 39 heavy (non-hydrogen) atoms. The van der Waals surface area contributed by atoms with Gasteiger partial charge < -0.3 is 20.1 Å². The fourth-order valence-corrected chi connectivity index (χ4v) is 3.27. The van der Waals surface area contributed by atoms with E-state index in [-0.39, 0.29) is 27.9 Å². The van der Waals surface area contributed by atoms with Gasteiger partial charge in [0.15, 0.2) is 18.1 Å². The number of hydrogen-bond acceptors (Lipinski definition) is 6. The standard InChI is InChI=1S/C25H19ClF4N4O5/c1-38-20-10-14(12-31-34-24(37)23(36)33-17-7-5-16(27)6-8-17)9-19(26)22(20)39-13-21(35)32-18-4-2-3-15(11-18)25(28,29)30/h2-12H,13H2,1H3,(H,32,35)(H,33,36)(H,34,37)/b31-12-. The number of ether oxygens (including phenoxy) is 2. The highest BCUT2D eigenvalue weighted by atomic mass is 35.5. The van der Waals surface area contributed by atoms with Gasteiger partial charge in [0, 0.05) is 11.4 Å². The van der Waals surface area contributed by atoms with Crippen molar-refractivity contribution in [2.24, 2.45) is 5.10 Å². The summed E-state index contributed by atoms with van der Waals surface area (Å²) in [5.41, 5.74) is 1.54. The molecule has 9 nitrogen and oxygen atoms in total. The Morgan fingerprint density at radius 3 is 2.36 bits per heavy atom. The first-order valence-corrected chi connectivity index (χ1v) is 11.2. The first-order chi connectivity index (χ1) is 18.5. The molecule has 0 radical (unpaired) electrons. The minimum absolute atomic E-state index is 0.0111. The molecule has 0 fully saturated rings. The molecular weight excluding hydrogens is 548 g/mol. The van der Waals surface area contributed by atoms with E-state index in [1.165, 1.54) is 37.4 Å². The SMILES string of the molecule is COc1cc(/C=N\NC(=O)C(=O)Nc2ccc(F)cc2)cc(Cl)c1OCC(=O)Nc1cccc(C(F)(F)F)c1. The van der Waals surface area contributed by atoms with Crippen LogP contribution in [0.25, 0.3) is 0 Å². The van der Waals surface area contributed by atoms with Crippen LogP contribution < -0.4 is 25.5 Å². The van der Waals surface area contributed by atoms with Crippen molar-refractivity contribution in [1.82, 2.24) is 5.43 Å². The zero-order chi connectivity index (χ0) is 28.6. The molecule has 0 saturated carbocycles. The Hall–Kier alpha value is -4.65. The summed E-state index contributed by atoms with van der Waals surface area (Å²) in [6.07, 6.45) is -3.41. The van der Waals surface area contributed by atoms with Gasteiger partial charge in [-0.05, 0) is 60.2 Å². The molecule has 0 atom stereocenters. The van der Waals surface area contributed by atoms with Gasteiger partial charge in [0.25, 0.3) is 5.91 Å². The number of rotatable bonds is 8. The first-order valence-electron chi connectivity index (χ1n) is 10.8. The molecule has 0 bridgehead atoms. The lowest BCUT2D eigenvalue weighted by Crippen LogP contribution is -2.32. The van der Waals surface area contributed by atoms with Crippen molar-refractivity contribution in [1.29, 1.82) is 0 Å². The van der Waals surface area contributed by atoms with Crippen molar-refractivity contribution in [3.05, 3.63) is 82.6 Å². The Morgan fingerprint density at radius 2 is 1.69 bits per heavy atom. The number of anilines is 2. The Balaban J connectivity index is 1.58. The lowest BCUT2D eigenvalue weighted by molar-refractivity contribution is -0.137. The molecule has 3 aromatic rings. The third kappa shape index (κ3) is 8.43. The lowest BCUT2D eigenvalue weighted by Gasteiger charge is -2.14. The van der Waals surface area contributed by atoms with E-state index in [4.69, 9.17) is 21.1 Å². The highest BCUT2D eigenvalue weighted by molar-refractivity contribution is 6.39. The molecule has 0 aromatic heterocycles. The molecule has 3 amide bonds. The topological polar surface area (TPSA) is 118 Å². The molecule has 3 rings (SSSR count). The molecule has 204 valence electrons. The van der Waals surface area contributed by atoms with Crippen molar-refractivity contribution in [2.75, 3.05) is 24.4 Å². The highest BCUT2D eigenvalue weighted by Crippen LogP contribution is 2.36. The van der Waals surface area contributed by atoms with E-state index >= 15 is 0 Å². The first kappa shape index (κ1) is 28.9. The van der Waals surface area contributed by atoms with Gasteiger partial charge in [0.1, 0.15) is 5.82 Å². The van der Waals surface area contributed by atoms with Crippen LogP contribution in [0.4, 0.5) is 28.9 Å². The molecule has 0 heterocycles. The molecular formula is C25H19ClF4N4O5. The number of amides is 3. The second-order valence-corrected chi connectivity index (χ2v) is 8.02. The molecule has 14 heteroatoms. The smallest absolute Gasteiger partial charge is 0.416 e. The summed E-state index contributed by atoms with van der Waals surface area (Å²) in [5, 5.41) is 8.22. The van der Waals surface area contributed by atoms with E-state index < -0.39 is 41.9 Å². The largest absolute Gasteiger partial charge is 0.493 e. The van der Waals surface area contributed by atoms with Crippen LogP contribution in [0, 0.1) is 5.82 Å². The molecule has 0 spiro atoms. The number of halogens is 5. The van der Waals surface area contributed by atoms with Gasteiger partial charge in [-0.3, -0.25) is 14.4 Å². The average molecular weight is 567 g/mol. The van der Waals surface area contributed by atoms with E-state index in [1.54, 1.807) is 0 Å². The van der Waals surface area contributed by atoms with Crippen LogP contribution in [0.5, 0.6) is 11.5 Å². The molecule has 3 N–H and O–H groups in total. The fourth-order valence-electron chi connectivity index (χ4n) is 3.00. The molecule has 0 aliphatic carbocycles. The summed E-state index contributed by atoms with van der Waals surface area (Å²) < 4.78 is 62.1. The monoisotopic (exact) mass is 566 g/mol. The second kappa shape index (κ2) is 12.7. The number of alkyl halides is 3. The molecule has 3 aromatic carbocycles. The number of methoxy groups -OCH3 is 1. The van der Waals surface area contributed by atoms with Crippen LogP contribution >= 0.6 is 11.6 Å². The van der Waals surface area contributed by atoms with Crippen LogP contribution in [-0.2, 0) is 20.6 Å². The van der Waals surface area contributed by atoms with E-state index in [0.717, 1.165) is 36.5 Å². The van der Waals surface area contributed by atoms with Crippen LogP contribution in [-0.4, -0.2) is 37.7 Å². The average Bonchev–Trinajstić information content (AvgIpc) is 2.88. The van der Waals surface area contributed by atoms with Crippen LogP contribution in [0.1, 0.15) is 11.1 Å². The summed E-state index contributed by atoms with van der Waals surface area (Å²) in [6.45, 7) is -0.598. The van der Waals surface area contributed by atoms with Gasteiger partial charge in [-0.1, -0.05) is 17.7 Å². The van der Waals surface area contributed by atoms with Gasteiger partial charge in [-0.15, -0.1) is 0 Å². The predicted octanol–water partition coefficient (Wildman–Crippen LogP) is 4.61. The highest BCUT2D eigenvalue weighted by Gasteiger charge is 2.30. The van der Waals surface area contributed by atoms with E-state index in [9.17, 15) is 31.9 Å². The molecule has 0 unspecified atom stereocenters. The number of benzene rings is 3. The Bertz CT molecular complexity index is 1400. The van der Waals surface area contributed by atoms with Crippen LogP contribution in [0.15, 0.2) is 65.8 Å². The van der Waals surface area contributed by atoms with E-state index in [2.05, 4.69) is 15.7 Å². The number of carbonyl (C=O) groups is 3. The molecule has 0 aliphatic rings. The molecule has 0 saturated heterocycles. The quantitative estimate of drug-likeness (QED) is 0.159. The van der Waals surface area contributed by atoms with Gasteiger partial charge >= 0.3 is 18.0 Å². The zero-order valence-corrected chi connectivity index (χ0v) is 20.7. The number of hydrogen-bond donors (Lipinski definition) is 3. The summed E-state index contributed by atoms with van der Waals surface area (Å²) in [7, 11) is 1.30. The third-order valence-corrected chi connectivity index (χ3v) is 5.04. The van der Waals surface area contributed by atoms with Crippen molar-refractivity contribution >= 4 is 46.9 Å². The van der Waals surface area contributed by atoms with Gasteiger partial charge in [-0.2, -0.15) is 18.3 Å². The number of carbonyl (C=O) groups excluding carboxylic acids is 3. The molecule has 0 aliphatic heterocycles. The van der Waals surface area contributed by atoms with Crippen LogP contribution in [0.3, 0.4) is 0 Å². The summed E-state index contributed by atoms with van der Waals surface area (Å²) in [4.78, 5) is 36.0. The zero-order valence-electron chi connectivity index (χ0n) is 19.9. The van der Waals surface area contributed by atoms with Gasteiger partial charge in [0.2, 0.25) is 0 Å². The number of nitrogens with zero attached hydrogens (tertiary/aromatic N) is 1. The Kier molecular flexibility index (Phi) is 9.44. The number of nitrogens with one attached hydrogen (secondary N) is 3. The van der Waals surface area contributed by atoms with Gasteiger partial charge in [0.05, 0.1) is 23.9 Å². The summed E-state index contributed by atoms with van der Waals surface area (Å²) >= 11 is 6.22. The van der Waals surface area contributed by atoms with Crippen molar-refractivity contribution < 1.29 is 41.4 Å². The Morgan fingerprint density at radius 1 is 0.974 bits per heavy atom. The van der Waals surface area contributed by atoms with Crippen molar-refractivity contribution in [3.63, 3.8) is 0 Å². The second-order valence-electron chi connectivity index (χ2n) is 7.61. The minimum Gasteiger partial charge on any atom is -0.493 e. The van der Waals surface area contributed by atoms with Gasteiger partial charge in [-0.25, -0.2) is 9.82 Å². The normalized spacial score (nSPS) is 11.1. The van der Waals surface area contributed by atoms with E-state index in [1.807, 2.05) is 5.43 Å². The third-order valence-electron chi connectivity index (χ3n) is 4.76.